The molecule has 17 heavy (non-hydrogen) atoms. The molecule has 5 heteroatoms. The van der Waals surface area contributed by atoms with Crippen molar-refractivity contribution in [2.24, 2.45) is 0 Å². The van der Waals surface area contributed by atoms with Crippen LogP contribution in [0.2, 0.25) is 0 Å². The second-order valence-electron chi connectivity index (χ2n) is 4.99. The first kappa shape index (κ1) is 15.9. The summed E-state index contributed by atoms with van der Waals surface area (Å²) >= 11 is 0. The van der Waals surface area contributed by atoms with E-state index in [1.54, 1.807) is 0 Å². The molecule has 0 aromatic rings. The van der Waals surface area contributed by atoms with Gasteiger partial charge in [-0.05, 0) is 27.3 Å². The number of esters is 1. The van der Waals surface area contributed by atoms with E-state index >= 15 is 0 Å². The lowest BCUT2D eigenvalue weighted by atomic mass is 10.1. The molecule has 0 aliphatic heterocycles. The normalized spacial score (nSPS) is 11.4. The van der Waals surface area contributed by atoms with Crippen molar-refractivity contribution < 1.29 is 14.3 Å². The number of nitrogens with zero attached hydrogens (tertiary/aromatic N) is 1. The Kier molecular flexibility index (Phi) is 6.80. The molecule has 0 aliphatic carbocycles. The SMILES string of the molecule is CCN(CCC(=O)OC)CC(=O)NC(C)(C)C. The Morgan fingerprint density at radius 2 is 1.88 bits per heavy atom. The fourth-order valence-corrected chi connectivity index (χ4v) is 1.36. The summed E-state index contributed by atoms with van der Waals surface area (Å²) in [6.07, 6.45) is 0.313. The highest BCUT2D eigenvalue weighted by Crippen LogP contribution is 1.99. The van der Waals surface area contributed by atoms with Gasteiger partial charge in [-0.15, -0.1) is 0 Å². The molecular weight excluding hydrogens is 220 g/mol. The van der Waals surface area contributed by atoms with Gasteiger partial charge in [0.15, 0.2) is 0 Å². The van der Waals surface area contributed by atoms with Gasteiger partial charge in [0, 0.05) is 12.1 Å². The van der Waals surface area contributed by atoms with E-state index in [1.165, 1.54) is 7.11 Å². The minimum absolute atomic E-state index is 0.0239. The van der Waals surface area contributed by atoms with E-state index in [1.807, 2.05) is 32.6 Å². The second kappa shape index (κ2) is 7.27. The van der Waals surface area contributed by atoms with Crippen LogP contribution in [0.5, 0.6) is 0 Å². The molecule has 0 heterocycles. The molecule has 0 aromatic carbocycles. The first-order chi connectivity index (χ1) is 7.78. The maximum absolute atomic E-state index is 11.7. The second-order valence-corrected chi connectivity index (χ2v) is 4.99. The molecule has 0 aromatic heterocycles. The molecule has 1 amide bonds. The zero-order valence-electron chi connectivity index (χ0n) is 11.5. The Morgan fingerprint density at radius 3 is 2.29 bits per heavy atom. The van der Waals surface area contributed by atoms with Gasteiger partial charge in [-0.1, -0.05) is 6.92 Å². The van der Waals surface area contributed by atoms with E-state index in [2.05, 4.69) is 10.1 Å². The van der Waals surface area contributed by atoms with Gasteiger partial charge in [0.05, 0.1) is 20.1 Å². The molecule has 100 valence electrons. The number of rotatable bonds is 6. The van der Waals surface area contributed by atoms with E-state index in [9.17, 15) is 9.59 Å². The van der Waals surface area contributed by atoms with E-state index in [0.29, 0.717) is 19.5 Å². The Balaban J connectivity index is 4.04. The quantitative estimate of drug-likeness (QED) is 0.702. The maximum Gasteiger partial charge on any atom is 0.306 e. The minimum atomic E-state index is -0.250. The number of hydrogen-bond acceptors (Lipinski definition) is 4. The van der Waals surface area contributed by atoms with E-state index in [-0.39, 0.29) is 17.4 Å². The molecule has 0 spiro atoms. The van der Waals surface area contributed by atoms with Crippen molar-refractivity contribution in [2.45, 2.75) is 39.7 Å². The lowest BCUT2D eigenvalue weighted by Crippen LogP contribution is -2.46. The van der Waals surface area contributed by atoms with E-state index < -0.39 is 0 Å². The van der Waals surface area contributed by atoms with Gasteiger partial charge in [0.25, 0.3) is 0 Å². The van der Waals surface area contributed by atoms with Gasteiger partial charge in [-0.3, -0.25) is 14.5 Å². The smallest absolute Gasteiger partial charge is 0.306 e. The number of nitrogens with one attached hydrogen (secondary N) is 1. The molecule has 0 saturated heterocycles. The highest BCUT2D eigenvalue weighted by molar-refractivity contribution is 5.78. The van der Waals surface area contributed by atoms with E-state index in [4.69, 9.17) is 0 Å². The van der Waals surface area contributed by atoms with Crippen molar-refractivity contribution in [1.82, 2.24) is 10.2 Å². The molecular formula is C12H24N2O3. The monoisotopic (exact) mass is 244 g/mol. The Hall–Kier alpha value is -1.10. The number of amides is 1. The summed E-state index contributed by atoms with van der Waals surface area (Å²) in [4.78, 5) is 24.6. The highest BCUT2D eigenvalue weighted by atomic mass is 16.5. The number of ether oxygens (including phenoxy) is 1. The first-order valence-electron chi connectivity index (χ1n) is 5.88. The van der Waals surface area contributed by atoms with Crippen molar-refractivity contribution in [1.29, 1.82) is 0 Å². The Labute approximate surface area is 103 Å². The lowest BCUT2D eigenvalue weighted by molar-refractivity contribution is -0.141. The third kappa shape index (κ3) is 8.68. The molecule has 0 fully saturated rings. The highest BCUT2D eigenvalue weighted by Gasteiger charge is 2.16. The van der Waals surface area contributed by atoms with E-state index in [0.717, 1.165) is 6.54 Å². The standard InChI is InChI=1S/C12H24N2O3/c1-6-14(8-7-11(16)17-5)9-10(15)13-12(2,3)4/h6-9H2,1-5H3,(H,13,15). The Morgan fingerprint density at radius 1 is 1.29 bits per heavy atom. The van der Waals surface area contributed by atoms with Gasteiger partial charge >= 0.3 is 5.97 Å². The van der Waals surface area contributed by atoms with Gasteiger partial charge < -0.3 is 10.1 Å². The molecule has 5 nitrogen and oxygen atoms in total. The van der Waals surface area contributed by atoms with Crippen LogP contribution >= 0.6 is 0 Å². The van der Waals surface area contributed by atoms with Crippen molar-refractivity contribution in [3.63, 3.8) is 0 Å². The average molecular weight is 244 g/mol. The third-order valence-corrected chi connectivity index (χ3v) is 2.19. The molecule has 0 radical (unpaired) electrons. The molecule has 0 atom stereocenters. The predicted octanol–water partition coefficient (Wildman–Crippen LogP) is 0.786. The van der Waals surface area contributed by atoms with Gasteiger partial charge in [0.2, 0.25) is 5.91 Å². The van der Waals surface area contributed by atoms with Crippen LogP contribution in [0.25, 0.3) is 0 Å². The number of hydrogen-bond donors (Lipinski definition) is 1. The van der Waals surface area contributed by atoms with Crippen LogP contribution in [-0.2, 0) is 14.3 Å². The van der Waals surface area contributed by atoms with Gasteiger partial charge in [-0.25, -0.2) is 0 Å². The summed E-state index contributed by atoms with van der Waals surface area (Å²) in [5.41, 5.74) is -0.223. The molecule has 0 unspecified atom stereocenters. The fraction of sp³-hybridized carbons (Fsp3) is 0.833. The molecule has 0 saturated carbocycles. The number of carbonyl (C=O) groups excluding carboxylic acids is 2. The van der Waals surface area contributed by atoms with Crippen LogP contribution in [0.15, 0.2) is 0 Å². The zero-order chi connectivity index (χ0) is 13.5. The number of likely N-dealkylation sites (N-methyl/N-ethyl adjacent to an activating group) is 1. The third-order valence-electron chi connectivity index (χ3n) is 2.19. The fourth-order valence-electron chi connectivity index (χ4n) is 1.36. The summed E-state index contributed by atoms with van der Waals surface area (Å²) < 4.78 is 4.56. The maximum atomic E-state index is 11.7. The van der Waals surface area contributed by atoms with Gasteiger partial charge in [-0.2, -0.15) is 0 Å². The summed E-state index contributed by atoms with van der Waals surface area (Å²) in [5.74, 6) is -0.274. The van der Waals surface area contributed by atoms with Crippen molar-refractivity contribution in [3.8, 4) is 0 Å². The van der Waals surface area contributed by atoms with Gasteiger partial charge in [0.1, 0.15) is 0 Å². The molecule has 1 N–H and O–H groups in total. The molecule has 0 bridgehead atoms. The zero-order valence-corrected chi connectivity index (χ0v) is 11.5. The minimum Gasteiger partial charge on any atom is -0.469 e. The predicted molar refractivity (Wildman–Crippen MR) is 66.6 cm³/mol. The summed E-state index contributed by atoms with van der Waals surface area (Å²) in [7, 11) is 1.37. The van der Waals surface area contributed by atoms with Crippen LogP contribution in [-0.4, -0.2) is 49.1 Å². The summed E-state index contributed by atoms with van der Waals surface area (Å²) in [5, 5.41) is 2.89. The van der Waals surface area contributed by atoms with Crippen LogP contribution in [0.3, 0.4) is 0 Å². The first-order valence-corrected chi connectivity index (χ1v) is 5.88. The molecule has 0 rings (SSSR count). The number of carbonyl (C=O) groups is 2. The van der Waals surface area contributed by atoms with Crippen molar-refractivity contribution >= 4 is 11.9 Å². The van der Waals surface area contributed by atoms with Crippen molar-refractivity contribution in [2.75, 3.05) is 26.7 Å². The largest absolute Gasteiger partial charge is 0.469 e. The molecule has 0 aliphatic rings. The van der Waals surface area contributed by atoms with Crippen LogP contribution in [0.4, 0.5) is 0 Å². The van der Waals surface area contributed by atoms with Crippen LogP contribution in [0, 0.1) is 0 Å². The van der Waals surface area contributed by atoms with Crippen LogP contribution in [0.1, 0.15) is 34.1 Å². The summed E-state index contributed by atoms with van der Waals surface area (Å²) in [6.45, 7) is 9.36. The number of methoxy groups -OCH3 is 1. The summed E-state index contributed by atoms with van der Waals surface area (Å²) in [6, 6.07) is 0. The Bertz CT molecular complexity index is 259. The van der Waals surface area contributed by atoms with Crippen molar-refractivity contribution in [3.05, 3.63) is 0 Å². The topological polar surface area (TPSA) is 58.6 Å². The average Bonchev–Trinajstić information content (AvgIpc) is 2.20. The lowest BCUT2D eigenvalue weighted by Gasteiger charge is -2.24. The van der Waals surface area contributed by atoms with Crippen LogP contribution < -0.4 is 5.32 Å².